The number of nitrogens with two attached hydrogens (primary N) is 1. The third-order valence-electron chi connectivity index (χ3n) is 3.64. The Bertz CT molecular complexity index is 882. The number of hydrogen-bond acceptors (Lipinski definition) is 2. The highest BCUT2D eigenvalue weighted by molar-refractivity contribution is 9.10. The van der Waals surface area contributed by atoms with Crippen LogP contribution in [0, 0.1) is 0 Å². The van der Waals surface area contributed by atoms with Crippen LogP contribution in [0.15, 0.2) is 77.3 Å². The summed E-state index contributed by atoms with van der Waals surface area (Å²) in [6.07, 6.45) is 0. The van der Waals surface area contributed by atoms with Gasteiger partial charge >= 0.3 is 6.03 Å². The highest BCUT2D eigenvalue weighted by atomic mass is 79.9. The Labute approximate surface area is 148 Å². The maximum Gasteiger partial charge on any atom is 0.324 e. The van der Waals surface area contributed by atoms with Gasteiger partial charge in [0.15, 0.2) is 0 Å². The fourth-order valence-electron chi connectivity index (χ4n) is 2.52. The molecule has 0 saturated carbocycles. The lowest BCUT2D eigenvalue weighted by atomic mass is 10.0. The van der Waals surface area contributed by atoms with E-state index in [-0.39, 0.29) is 5.75 Å². The number of benzene rings is 3. The molecule has 0 bridgehead atoms. The summed E-state index contributed by atoms with van der Waals surface area (Å²) in [6.45, 7) is 0. The fourth-order valence-corrected chi connectivity index (χ4v) is 2.99. The van der Waals surface area contributed by atoms with E-state index in [2.05, 4.69) is 15.9 Å². The van der Waals surface area contributed by atoms with Gasteiger partial charge in [0.2, 0.25) is 0 Å². The van der Waals surface area contributed by atoms with Crippen molar-refractivity contribution in [2.24, 2.45) is 5.73 Å². The summed E-state index contributed by atoms with van der Waals surface area (Å²) < 4.78 is 0.704. The Morgan fingerprint density at radius 2 is 1.54 bits per heavy atom. The van der Waals surface area contributed by atoms with Crippen molar-refractivity contribution < 1.29 is 9.90 Å². The molecule has 3 rings (SSSR count). The maximum atomic E-state index is 12.0. The molecule has 2 amide bonds. The number of halogens is 1. The highest BCUT2D eigenvalue weighted by Gasteiger charge is 2.20. The topological polar surface area (TPSA) is 66.6 Å². The molecule has 0 atom stereocenters. The maximum absolute atomic E-state index is 12.0. The second-order valence-electron chi connectivity index (χ2n) is 5.19. The van der Waals surface area contributed by atoms with Crippen LogP contribution in [0.5, 0.6) is 5.75 Å². The van der Waals surface area contributed by atoms with E-state index in [1.165, 1.54) is 4.90 Å². The average Bonchev–Trinajstić information content (AvgIpc) is 2.58. The lowest BCUT2D eigenvalue weighted by Crippen LogP contribution is -2.31. The first-order valence-corrected chi connectivity index (χ1v) is 8.10. The van der Waals surface area contributed by atoms with Gasteiger partial charge < -0.3 is 10.8 Å². The van der Waals surface area contributed by atoms with Gasteiger partial charge in [-0.05, 0) is 51.3 Å². The molecule has 0 saturated heterocycles. The number of aromatic hydroxyl groups is 1. The molecule has 0 aliphatic carbocycles. The first-order chi connectivity index (χ1) is 11.6. The lowest BCUT2D eigenvalue weighted by molar-refractivity contribution is 0.256. The fraction of sp³-hybridized carbons (Fsp3) is 0. The second kappa shape index (κ2) is 6.76. The highest BCUT2D eigenvalue weighted by Crippen LogP contribution is 2.38. The molecule has 3 aromatic rings. The number of para-hydroxylation sites is 1. The summed E-state index contributed by atoms with van der Waals surface area (Å²) >= 11 is 3.41. The Morgan fingerprint density at radius 1 is 0.875 bits per heavy atom. The number of anilines is 2. The molecule has 24 heavy (non-hydrogen) atoms. The van der Waals surface area contributed by atoms with Crippen molar-refractivity contribution in [2.75, 3.05) is 4.90 Å². The smallest absolute Gasteiger partial charge is 0.324 e. The Kier molecular flexibility index (Phi) is 4.53. The van der Waals surface area contributed by atoms with Crippen LogP contribution in [-0.4, -0.2) is 11.1 Å². The van der Waals surface area contributed by atoms with Gasteiger partial charge in [0.1, 0.15) is 5.75 Å². The Morgan fingerprint density at radius 3 is 2.17 bits per heavy atom. The van der Waals surface area contributed by atoms with Gasteiger partial charge in [-0.15, -0.1) is 0 Å². The molecule has 0 aliphatic rings. The third-order valence-corrected chi connectivity index (χ3v) is 4.31. The van der Waals surface area contributed by atoms with Gasteiger partial charge in [-0.25, -0.2) is 4.79 Å². The lowest BCUT2D eigenvalue weighted by Gasteiger charge is -2.23. The van der Waals surface area contributed by atoms with E-state index in [9.17, 15) is 9.90 Å². The van der Waals surface area contributed by atoms with E-state index in [1.54, 1.807) is 30.3 Å². The van der Waals surface area contributed by atoms with E-state index >= 15 is 0 Å². The number of carbonyl (C=O) groups is 1. The number of nitrogens with zero attached hydrogens (tertiary/aromatic N) is 1. The summed E-state index contributed by atoms with van der Waals surface area (Å²) in [6, 6.07) is 21.4. The number of hydrogen-bond donors (Lipinski definition) is 2. The van der Waals surface area contributed by atoms with Crippen molar-refractivity contribution in [3.63, 3.8) is 0 Å². The number of urea groups is 1. The van der Waals surface area contributed by atoms with Crippen LogP contribution in [0.4, 0.5) is 16.2 Å². The SMILES string of the molecule is NC(=O)N(c1ccc(-c2ccccc2)cc1O)c1ccccc1Br. The van der Waals surface area contributed by atoms with Crippen LogP contribution in [0.3, 0.4) is 0 Å². The molecule has 0 radical (unpaired) electrons. The number of phenols is 1. The quantitative estimate of drug-likeness (QED) is 0.666. The van der Waals surface area contributed by atoms with Crippen LogP contribution >= 0.6 is 15.9 Å². The molecule has 0 fully saturated rings. The van der Waals surface area contributed by atoms with Gasteiger partial charge in [0, 0.05) is 4.47 Å². The van der Waals surface area contributed by atoms with E-state index in [0.29, 0.717) is 15.8 Å². The molecular formula is C19H15BrN2O2. The van der Waals surface area contributed by atoms with Crippen LogP contribution < -0.4 is 10.6 Å². The number of primary amides is 1. The van der Waals surface area contributed by atoms with Crippen LogP contribution in [-0.2, 0) is 0 Å². The van der Waals surface area contributed by atoms with Crippen LogP contribution in [0.2, 0.25) is 0 Å². The molecule has 4 nitrogen and oxygen atoms in total. The minimum atomic E-state index is -0.676. The number of amides is 2. The molecule has 0 aromatic heterocycles. The molecule has 5 heteroatoms. The molecule has 0 unspecified atom stereocenters. The first-order valence-electron chi connectivity index (χ1n) is 7.30. The molecule has 120 valence electrons. The van der Waals surface area contributed by atoms with E-state index in [1.807, 2.05) is 42.5 Å². The normalized spacial score (nSPS) is 10.4. The first kappa shape index (κ1) is 16.1. The molecule has 0 spiro atoms. The zero-order valence-corrected chi connectivity index (χ0v) is 14.3. The molecule has 3 N–H and O–H groups in total. The van der Waals surface area contributed by atoms with Gasteiger partial charge in [-0.2, -0.15) is 0 Å². The number of rotatable bonds is 3. The van der Waals surface area contributed by atoms with Crippen molar-refractivity contribution in [2.45, 2.75) is 0 Å². The average molecular weight is 383 g/mol. The zero-order chi connectivity index (χ0) is 17.1. The van der Waals surface area contributed by atoms with Gasteiger partial charge in [-0.1, -0.05) is 48.5 Å². The molecule has 0 aliphatic heterocycles. The minimum Gasteiger partial charge on any atom is -0.506 e. The van der Waals surface area contributed by atoms with Crippen molar-refractivity contribution >= 4 is 33.3 Å². The summed E-state index contributed by atoms with van der Waals surface area (Å²) in [5.74, 6) is -0.0223. The van der Waals surface area contributed by atoms with Crippen molar-refractivity contribution in [3.05, 3.63) is 77.3 Å². The van der Waals surface area contributed by atoms with Gasteiger partial charge in [0.05, 0.1) is 11.4 Å². The summed E-state index contributed by atoms with van der Waals surface area (Å²) in [5, 5.41) is 10.5. The van der Waals surface area contributed by atoms with Crippen LogP contribution in [0.25, 0.3) is 11.1 Å². The molecule has 0 heterocycles. The minimum absolute atomic E-state index is 0.0223. The van der Waals surface area contributed by atoms with E-state index in [4.69, 9.17) is 5.73 Å². The molecule has 3 aromatic carbocycles. The zero-order valence-electron chi connectivity index (χ0n) is 12.7. The number of carbonyl (C=O) groups excluding carboxylic acids is 1. The van der Waals surface area contributed by atoms with Crippen LogP contribution in [0.1, 0.15) is 0 Å². The predicted molar refractivity (Wildman–Crippen MR) is 99.4 cm³/mol. The van der Waals surface area contributed by atoms with Gasteiger partial charge in [-0.3, -0.25) is 4.90 Å². The van der Waals surface area contributed by atoms with E-state index in [0.717, 1.165) is 11.1 Å². The standard InChI is InChI=1S/C19H15BrN2O2/c20-15-8-4-5-9-16(15)22(19(21)24)17-11-10-14(12-18(17)23)13-6-2-1-3-7-13/h1-12,23H,(H2,21,24). The summed E-state index contributed by atoms with van der Waals surface area (Å²) in [7, 11) is 0. The monoisotopic (exact) mass is 382 g/mol. The summed E-state index contributed by atoms with van der Waals surface area (Å²) in [4.78, 5) is 13.2. The summed E-state index contributed by atoms with van der Waals surface area (Å²) in [5.41, 5.74) is 8.27. The Balaban J connectivity index is 2.07. The Hall–Kier alpha value is -2.79. The largest absolute Gasteiger partial charge is 0.506 e. The second-order valence-corrected chi connectivity index (χ2v) is 6.05. The van der Waals surface area contributed by atoms with Gasteiger partial charge in [0.25, 0.3) is 0 Å². The van der Waals surface area contributed by atoms with Crippen molar-refractivity contribution in [3.8, 4) is 16.9 Å². The third kappa shape index (κ3) is 3.12. The molecular weight excluding hydrogens is 368 g/mol. The number of phenolic OH excluding ortho intramolecular Hbond substituents is 1. The van der Waals surface area contributed by atoms with Crippen molar-refractivity contribution in [1.82, 2.24) is 0 Å². The van der Waals surface area contributed by atoms with E-state index < -0.39 is 6.03 Å². The van der Waals surface area contributed by atoms with Crippen molar-refractivity contribution in [1.29, 1.82) is 0 Å². The predicted octanol–water partition coefficient (Wildman–Crippen LogP) is 5.04.